The molecule has 2 aromatic carbocycles. The van der Waals surface area contributed by atoms with Gasteiger partial charge in [-0.15, -0.1) is 11.3 Å². The quantitative estimate of drug-likeness (QED) is 0.667. The fraction of sp³-hybridized carbons (Fsp3) is 0.238. The molecule has 0 bridgehead atoms. The second-order valence-electron chi connectivity index (χ2n) is 6.17. The van der Waals surface area contributed by atoms with Gasteiger partial charge in [-0.3, -0.25) is 10.1 Å². The third-order valence-corrected chi connectivity index (χ3v) is 4.99. The lowest BCUT2D eigenvalue weighted by Crippen LogP contribution is -2.20. The average Bonchev–Trinajstić information content (AvgIpc) is 3.11. The number of carbonyl (C=O) groups excluding carboxylic acids is 1. The molecule has 1 amide bonds. The molecule has 0 saturated heterocycles. The maximum absolute atomic E-state index is 12.1. The Labute approximate surface area is 157 Å². The fourth-order valence-electron chi connectivity index (χ4n) is 2.52. The van der Waals surface area contributed by atoms with Gasteiger partial charge >= 0.3 is 0 Å². The number of nitrogens with one attached hydrogen (secondary N) is 1. The summed E-state index contributed by atoms with van der Waals surface area (Å²) >= 11 is 1.41. The van der Waals surface area contributed by atoms with Crippen molar-refractivity contribution in [3.8, 4) is 17.0 Å². The van der Waals surface area contributed by atoms with E-state index in [1.165, 1.54) is 28.0 Å². The van der Waals surface area contributed by atoms with Crippen molar-refractivity contribution in [1.29, 1.82) is 0 Å². The number of anilines is 1. The first-order valence-electron chi connectivity index (χ1n) is 8.60. The summed E-state index contributed by atoms with van der Waals surface area (Å²) in [5.74, 6) is 0.488. The lowest BCUT2D eigenvalue weighted by atomic mass is 10.1. The molecule has 0 fully saturated rings. The van der Waals surface area contributed by atoms with E-state index in [-0.39, 0.29) is 12.5 Å². The molecule has 4 nitrogen and oxygen atoms in total. The number of hydrogen-bond donors (Lipinski definition) is 1. The summed E-state index contributed by atoms with van der Waals surface area (Å²) in [6.45, 7) is 6.22. The minimum atomic E-state index is -0.215. The maximum Gasteiger partial charge on any atom is 0.264 e. The average molecular weight is 366 g/mol. The molecule has 0 radical (unpaired) electrons. The first kappa shape index (κ1) is 18.1. The first-order chi connectivity index (χ1) is 12.5. The van der Waals surface area contributed by atoms with E-state index >= 15 is 0 Å². The minimum absolute atomic E-state index is 0.0360. The number of thiazole rings is 1. The van der Waals surface area contributed by atoms with Crippen molar-refractivity contribution in [3.05, 3.63) is 64.5 Å². The monoisotopic (exact) mass is 366 g/mol. The van der Waals surface area contributed by atoms with Gasteiger partial charge in [0, 0.05) is 10.9 Å². The van der Waals surface area contributed by atoms with E-state index in [9.17, 15) is 4.79 Å². The normalized spacial score (nSPS) is 10.6. The molecule has 134 valence electrons. The summed E-state index contributed by atoms with van der Waals surface area (Å²) < 4.78 is 5.57. The smallest absolute Gasteiger partial charge is 0.264 e. The zero-order chi connectivity index (χ0) is 18.5. The number of carbonyl (C=O) groups is 1. The molecule has 1 N–H and O–H groups in total. The van der Waals surface area contributed by atoms with E-state index in [0.717, 1.165) is 17.7 Å². The second-order valence-corrected chi connectivity index (χ2v) is 7.03. The highest BCUT2D eigenvalue weighted by atomic mass is 32.1. The van der Waals surface area contributed by atoms with E-state index in [4.69, 9.17) is 4.74 Å². The summed E-state index contributed by atoms with van der Waals surface area (Å²) in [5.41, 5.74) is 5.58. The number of amides is 1. The van der Waals surface area contributed by atoms with Gasteiger partial charge in [0.2, 0.25) is 0 Å². The Morgan fingerprint density at radius 3 is 2.77 bits per heavy atom. The summed E-state index contributed by atoms with van der Waals surface area (Å²) in [7, 11) is 0. The van der Waals surface area contributed by atoms with Gasteiger partial charge in [0.25, 0.3) is 5.91 Å². The standard InChI is InChI=1S/C21H22N2O2S/c1-4-16-6-5-7-18(11-16)25-12-20(24)23-21-22-19(13-26-21)17-9-8-14(2)15(3)10-17/h5-11,13H,4,12H2,1-3H3,(H,22,23,24). The van der Waals surface area contributed by atoms with Crippen molar-refractivity contribution < 1.29 is 9.53 Å². The molecule has 0 aliphatic carbocycles. The SMILES string of the molecule is CCc1cccc(OCC(=O)Nc2nc(-c3ccc(C)c(C)c3)cs2)c1. The van der Waals surface area contributed by atoms with Gasteiger partial charge in [0.1, 0.15) is 5.75 Å². The van der Waals surface area contributed by atoms with E-state index in [1.54, 1.807) is 0 Å². The first-order valence-corrected chi connectivity index (χ1v) is 9.48. The Morgan fingerprint density at radius 2 is 2.00 bits per heavy atom. The number of aromatic nitrogens is 1. The van der Waals surface area contributed by atoms with Crippen LogP contribution < -0.4 is 10.1 Å². The zero-order valence-electron chi connectivity index (χ0n) is 15.2. The Bertz CT molecular complexity index is 918. The summed E-state index contributed by atoms with van der Waals surface area (Å²) in [6, 6.07) is 14.0. The Hall–Kier alpha value is -2.66. The number of nitrogens with zero attached hydrogens (tertiary/aromatic N) is 1. The molecule has 5 heteroatoms. The summed E-state index contributed by atoms with van der Waals surface area (Å²) in [6.07, 6.45) is 0.934. The molecule has 0 aliphatic heterocycles. The Morgan fingerprint density at radius 1 is 1.15 bits per heavy atom. The highest BCUT2D eigenvalue weighted by Gasteiger charge is 2.09. The van der Waals surface area contributed by atoms with E-state index in [1.807, 2.05) is 35.7 Å². The molecule has 0 aliphatic rings. The van der Waals surface area contributed by atoms with Crippen LogP contribution >= 0.6 is 11.3 Å². The van der Waals surface area contributed by atoms with E-state index in [0.29, 0.717) is 10.9 Å². The lowest BCUT2D eigenvalue weighted by Gasteiger charge is -2.07. The number of hydrogen-bond acceptors (Lipinski definition) is 4. The van der Waals surface area contributed by atoms with Crippen LogP contribution in [0.25, 0.3) is 11.3 Å². The topological polar surface area (TPSA) is 51.2 Å². The third-order valence-electron chi connectivity index (χ3n) is 4.23. The lowest BCUT2D eigenvalue weighted by molar-refractivity contribution is -0.118. The molecule has 0 unspecified atom stereocenters. The van der Waals surface area contributed by atoms with Crippen LogP contribution in [-0.2, 0) is 11.2 Å². The van der Waals surface area contributed by atoms with Crippen molar-refractivity contribution in [2.75, 3.05) is 11.9 Å². The van der Waals surface area contributed by atoms with Gasteiger partial charge in [-0.1, -0.05) is 31.2 Å². The molecular weight excluding hydrogens is 344 g/mol. The highest BCUT2D eigenvalue weighted by molar-refractivity contribution is 7.14. The van der Waals surface area contributed by atoms with Crippen LogP contribution in [-0.4, -0.2) is 17.5 Å². The van der Waals surface area contributed by atoms with Crippen molar-refractivity contribution in [3.63, 3.8) is 0 Å². The minimum Gasteiger partial charge on any atom is -0.484 e. The molecule has 26 heavy (non-hydrogen) atoms. The van der Waals surface area contributed by atoms with Crippen LogP contribution in [0.4, 0.5) is 5.13 Å². The maximum atomic E-state index is 12.1. The second kappa shape index (κ2) is 8.15. The van der Waals surface area contributed by atoms with Crippen molar-refractivity contribution >= 4 is 22.4 Å². The molecule has 3 rings (SSSR count). The number of aryl methyl sites for hydroxylation is 3. The van der Waals surface area contributed by atoms with Crippen LogP contribution in [0.2, 0.25) is 0 Å². The molecule has 0 spiro atoms. The van der Waals surface area contributed by atoms with Gasteiger partial charge in [-0.05, 0) is 55.2 Å². The van der Waals surface area contributed by atoms with E-state index in [2.05, 4.69) is 43.2 Å². The molecular formula is C21H22N2O2S. The van der Waals surface area contributed by atoms with E-state index < -0.39 is 0 Å². The summed E-state index contributed by atoms with van der Waals surface area (Å²) in [4.78, 5) is 16.6. The molecule has 0 atom stereocenters. The zero-order valence-corrected chi connectivity index (χ0v) is 16.0. The van der Waals surface area contributed by atoms with Crippen LogP contribution in [0.15, 0.2) is 47.8 Å². The number of benzene rings is 2. The molecule has 1 aromatic heterocycles. The van der Waals surface area contributed by atoms with Crippen LogP contribution in [0.1, 0.15) is 23.6 Å². The van der Waals surface area contributed by atoms with Gasteiger partial charge in [-0.2, -0.15) is 0 Å². The van der Waals surface area contributed by atoms with Crippen molar-refractivity contribution in [2.45, 2.75) is 27.2 Å². The third kappa shape index (κ3) is 4.49. The van der Waals surface area contributed by atoms with Crippen LogP contribution in [0, 0.1) is 13.8 Å². The number of rotatable bonds is 6. The predicted octanol–water partition coefficient (Wildman–Crippen LogP) is 5.01. The predicted molar refractivity (Wildman–Crippen MR) is 107 cm³/mol. The highest BCUT2D eigenvalue weighted by Crippen LogP contribution is 2.26. The van der Waals surface area contributed by atoms with Gasteiger partial charge < -0.3 is 4.74 Å². The summed E-state index contributed by atoms with van der Waals surface area (Å²) in [5, 5.41) is 5.33. The molecule has 3 aromatic rings. The van der Waals surface area contributed by atoms with Gasteiger partial charge in [-0.25, -0.2) is 4.98 Å². The Kier molecular flexibility index (Phi) is 5.68. The Balaban J connectivity index is 1.59. The number of ether oxygens (including phenoxy) is 1. The van der Waals surface area contributed by atoms with Crippen molar-refractivity contribution in [1.82, 2.24) is 4.98 Å². The van der Waals surface area contributed by atoms with Crippen LogP contribution in [0.5, 0.6) is 5.75 Å². The molecule has 1 heterocycles. The van der Waals surface area contributed by atoms with Gasteiger partial charge in [0.05, 0.1) is 5.69 Å². The van der Waals surface area contributed by atoms with Crippen molar-refractivity contribution in [2.24, 2.45) is 0 Å². The van der Waals surface area contributed by atoms with Crippen LogP contribution in [0.3, 0.4) is 0 Å². The molecule has 0 saturated carbocycles. The largest absolute Gasteiger partial charge is 0.484 e. The fourth-order valence-corrected chi connectivity index (χ4v) is 3.26. The van der Waals surface area contributed by atoms with Gasteiger partial charge in [0.15, 0.2) is 11.7 Å².